The predicted molar refractivity (Wildman–Crippen MR) is 111 cm³/mol. The molecule has 2 aromatic carbocycles. The highest BCUT2D eigenvalue weighted by Crippen LogP contribution is 2.26. The quantitative estimate of drug-likeness (QED) is 0.332. The molecule has 0 aliphatic heterocycles. The second-order valence-corrected chi connectivity index (χ2v) is 6.25. The van der Waals surface area contributed by atoms with Gasteiger partial charge < -0.3 is 24.8 Å². The number of rotatable bonds is 11. The summed E-state index contributed by atoms with van der Waals surface area (Å²) in [7, 11) is 0. The van der Waals surface area contributed by atoms with E-state index in [1.165, 1.54) is 13.0 Å². The molecule has 0 heterocycles. The maximum Gasteiger partial charge on any atom is 0.308 e. The minimum atomic E-state index is -0.450. The maximum atomic E-state index is 12.2. The lowest BCUT2D eigenvalue weighted by Gasteiger charge is -2.11. The third-order valence-electron chi connectivity index (χ3n) is 3.83. The summed E-state index contributed by atoms with van der Waals surface area (Å²) < 4.78 is 15.9. The van der Waals surface area contributed by atoms with Crippen molar-refractivity contribution >= 4 is 17.8 Å². The Morgan fingerprint density at radius 3 is 2.30 bits per heavy atom. The Morgan fingerprint density at radius 2 is 1.60 bits per heavy atom. The predicted octanol–water partition coefficient (Wildman–Crippen LogP) is 2.33. The molecule has 0 saturated carbocycles. The zero-order valence-electron chi connectivity index (χ0n) is 17.1. The van der Waals surface area contributed by atoms with Gasteiger partial charge in [0, 0.05) is 25.6 Å². The molecule has 0 bridgehead atoms. The van der Waals surface area contributed by atoms with Gasteiger partial charge in [0.05, 0.1) is 6.61 Å². The minimum Gasteiger partial charge on any atom is -0.490 e. The summed E-state index contributed by atoms with van der Waals surface area (Å²) in [5, 5.41) is 5.49. The van der Waals surface area contributed by atoms with E-state index in [1.54, 1.807) is 36.4 Å². The molecule has 8 nitrogen and oxygen atoms in total. The lowest BCUT2D eigenvalue weighted by Crippen LogP contribution is -2.32. The maximum absolute atomic E-state index is 12.2. The Balaban J connectivity index is 1.66. The largest absolute Gasteiger partial charge is 0.490 e. The van der Waals surface area contributed by atoms with Crippen LogP contribution in [0.1, 0.15) is 30.6 Å². The van der Waals surface area contributed by atoms with Gasteiger partial charge in [-0.15, -0.1) is 0 Å². The van der Waals surface area contributed by atoms with Crippen molar-refractivity contribution < 1.29 is 28.6 Å². The van der Waals surface area contributed by atoms with Gasteiger partial charge in [-0.3, -0.25) is 14.4 Å². The molecule has 0 aliphatic rings. The standard InChI is InChI=1S/C22H26N2O6/c1-3-28-19-10-4-5-11-20(19)29-15-21(26)23-12-7-13-24-22(27)17-8-6-9-18(14-17)30-16(2)25/h4-6,8-11,14H,3,7,12-13,15H2,1-2H3,(H,23,26)(H,24,27). The van der Waals surface area contributed by atoms with Gasteiger partial charge in [-0.25, -0.2) is 0 Å². The van der Waals surface area contributed by atoms with Gasteiger partial charge >= 0.3 is 5.97 Å². The lowest BCUT2D eigenvalue weighted by molar-refractivity contribution is -0.131. The first-order chi connectivity index (χ1) is 14.5. The molecule has 2 rings (SSSR count). The van der Waals surface area contributed by atoms with Gasteiger partial charge in [-0.05, 0) is 43.7 Å². The number of amides is 2. The average molecular weight is 414 g/mol. The van der Waals surface area contributed by atoms with E-state index < -0.39 is 5.97 Å². The first-order valence-electron chi connectivity index (χ1n) is 9.67. The van der Waals surface area contributed by atoms with E-state index in [0.29, 0.717) is 48.9 Å². The monoisotopic (exact) mass is 414 g/mol. The molecule has 2 N–H and O–H groups in total. The molecular formula is C22H26N2O6. The summed E-state index contributed by atoms with van der Waals surface area (Å²) in [5.41, 5.74) is 0.388. The van der Waals surface area contributed by atoms with Crippen LogP contribution in [0.2, 0.25) is 0 Å². The first kappa shape index (κ1) is 22.7. The van der Waals surface area contributed by atoms with Crippen LogP contribution in [-0.4, -0.2) is 44.1 Å². The highest BCUT2D eigenvalue weighted by molar-refractivity contribution is 5.94. The fraction of sp³-hybridized carbons (Fsp3) is 0.318. The molecule has 0 aromatic heterocycles. The van der Waals surface area contributed by atoms with Crippen molar-refractivity contribution in [3.8, 4) is 17.2 Å². The van der Waals surface area contributed by atoms with Crippen LogP contribution in [0.25, 0.3) is 0 Å². The van der Waals surface area contributed by atoms with Crippen LogP contribution >= 0.6 is 0 Å². The summed E-state index contributed by atoms with van der Waals surface area (Å²) in [6.07, 6.45) is 0.552. The van der Waals surface area contributed by atoms with Gasteiger partial charge in [-0.2, -0.15) is 0 Å². The van der Waals surface area contributed by atoms with Crippen LogP contribution in [0.15, 0.2) is 48.5 Å². The highest BCUT2D eigenvalue weighted by Gasteiger charge is 2.09. The number of nitrogens with one attached hydrogen (secondary N) is 2. The van der Waals surface area contributed by atoms with Crippen molar-refractivity contribution in [2.24, 2.45) is 0 Å². The zero-order valence-corrected chi connectivity index (χ0v) is 17.1. The Morgan fingerprint density at radius 1 is 0.900 bits per heavy atom. The van der Waals surface area contributed by atoms with E-state index >= 15 is 0 Å². The van der Waals surface area contributed by atoms with E-state index in [1.807, 2.05) is 13.0 Å². The molecule has 0 fully saturated rings. The van der Waals surface area contributed by atoms with Crippen molar-refractivity contribution in [1.29, 1.82) is 0 Å². The Labute approximate surface area is 175 Å². The Kier molecular flexibility index (Phi) is 9.18. The molecule has 160 valence electrons. The van der Waals surface area contributed by atoms with Crippen LogP contribution in [0.4, 0.5) is 0 Å². The summed E-state index contributed by atoms with van der Waals surface area (Å²) in [4.78, 5) is 35.1. The normalized spacial score (nSPS) is 10.1. The van der Waals surface area contributed by atoms with Crippen LogP contribution in [0.3, 0.4) is 0 Å². The fourth-order valence-corrected chi connectivity index (χ4v) is 2.53. The number of esters is 1. The number of benzene rings is 2. The van der Waals surface area contributed by atoms with Crippen molar-refractivity contribution in [2.75, 3.05) is 26.3 Å². The van der Waals surface area contributed by atoms with Crippen LogP contribution < -0.4 is 24.8 Å². The SMILES string of the molecule is CCOc1ccccc1OCC(=O)NCCCNC(=O)c1cccc(OC(C)=O)c1. The number of hydrogen-bond donors (Lipinski definition) is 2. The molecule has 30 heavy (non-hydrogen) atoms. The molecular weight excluding hydrogens is 388 g/mol. The van der Waals surface area contributed by atoms with Gasteiger partial charge in [0.1, 0.15) is 5.75 Å². The van der Waals surface area contributed by atoms with E-state index in [4.69, 9.17) is 14.2 Å². The summed E-state index contributed by atoms with van der Waals surface area (Å²) in [5.74, 6) is 0.418. The summed E-state index contributed by atoms with van der Waals surface area (Å²) >= 11 is 0. The molecule has 0 atom stereocenters. The average Bonchev–Trinajstić information content (AvgIpc) is 2.72. The molecule has 2 amide bonds. The van der Waals surface area contributed by atoms with Crippen molar-refractivity contribution in [3.05, 3.63) is 54.1 Å². The molecule has 0 radical (unpaired) electrons. The molecule has 0 aliphatic carbocycles. The second-order valence-electron chi connectivity index (χ2n) is 6.25. The number of ether oxygens (including phenoxy) is 3. The smallest absolute Gasteiger partial charge is 0.308 e. The van der Waals surface area contributed by atoms with Crippen molar-refractivity contribution in [3.63, 3.8) is 0 Å². The number of carbonyl (C=O) groups excluding carboxylic acids is 3. The molecule has 0 saturated heterocycles. The molecule has 0 spiro atoms. The van der Waals surface area contributed by atoms with Gasteiger partial charge in [-0.1, -0.05) is 18.2 Å². The zero-order chi connectivity index (χ0) is 21.8. The van der Waals surface area contributed by atoms with E-state index in [2.05, 4.69) is 10.6 Å². The van der Waals surface area contributed by atoms with Crippen LogP contribution in [0.5, 0.6) is 17.2 Å². The fourth-order valence-electron chi connectivity index (χ4n) is 2.53. The van der Waals surface area contributed by atoms with E-state index in [9.17, 15) is 14.4 Å². The lowest BCUT2D eigenvalue weighted by atomic mass is 10.2. The Bertz CT molecular complexity index is 868. The van der Waals surface area contributed by atoms with Crippen LogP contribution in [0, 0.1) is 0 Å². The van der Waals surface area contributed by atoms with Crippen LogP contribution in [-0.2, 0) is 9.59 Å². The third kappa shape index (κ3) is 7.83. The number of para-hydroxylation sites is 2. The first-order valence-corrected chi connectivity index (χ1v) is 9.67. The highest BCUT2D eigenvalue weighted by atomic mass is 16.5. The topological polar surface area (TPSA) is 103 Å². The third-order valence-corrected chi connectivity index (χ3v) is 3.83. The molecule has 0 unspecified atom stereocenters. The van der Waals surface area contributed by atoms with Gasteiger partial charge in [0.15, 0.2) is 18.1 Å². The number of carbonyl (C=O) groups is 3. The van der Waals surface area contributed by atoms with Gasteiger partial charge in [0.2, 0.25) is 0 Å². The van der Waals surface area contributed by atoms with E-state index in [0.717, 1.165) is 0 Å². The summed E-state index contributed by atoms with van der Waals surface area (Å²) in [6.45, 7) is 4.32. The number of hydrogen-bond acceptors (Lipinski definition) is 6. The van der Waals surface area contributed by atoms with Crippen molar-refractivity contribution in [1.82, 2.24) is 10.6 Å². The molecule has 8 heteroatoms. The van der Waals surface area contributed by atoms with Gasteiger partial charge in [0.25, 0.3) is 11.8 Å². The molecule has 2 aromatic rings. The van der Waals surface area contributed by atoms with E-state index in [-0.39, 0.29) is 18.4 Å². The van der Waals surface area contributed by atoms with Crippen molar-refractivity contribution in [2.45, 2.75) is 20.3 Å². The minimum absolute atomic E-state index is 0.126. The Hall–Kier alpha value is -3.55. The summed E-state index contributed by atoms with van der Waals surface area (Å²) in [6, 6.07) is 13.5. The second kappa shape index (κ2) is 12.1.